The van der Waals surface area contributed by atoms with Crippen molar-refractivity contribution < 1.29 is 9.90 Å². The number of rotatable bonds is 5. The number of hydrogen-bond donors (Lipinski definition) is 2. The average molecular weight is 464 g/mol. The molecule has 0 radical (unpaired) electrons. The number of anilines is 2. The van der Waals surface area contributed by atoms with Crippen molar-refractivity contribution in [3.05, 3.63) is 64.0 Å². The Balaban J connectivity index is 1.37. The quantitative estimate of drug-likeness (QED) is 0.517. The highest BCUT2D eigenvalue weighted by atomic mass is 35.5. The van der Waals surface area contributed by atoms with Crippen LogP contribution in [0, 0.1) is 17.3 Å². The van der Waals surface area contributed by atoms with Gasteiger partial charge in [-0.15, -0.1) is 0 Å². The van der Waals surface area contributed by atoms with E-state index in [1.54, 1.807) is 10.9 Å². The summed E-state index contributed by atoms with van der Waals surface area (Å²) in [5, 5.41) is 19.8. The highest BCUT2D eigenvalue weighted by molar-refractivity contribution is 6.33. The summed E-state index contributed by atoms with van der Waals surface area (Å²) in [5.41, 5.74) is 0.388. The number of fused-ring (bicyclic) bond motifs is 1. The third-order valence-corrected chi connectivity index (χ3v) is 8.47. The Bertz CT molecular complexity index is 1310. The van der Waals surface area contributed by atoms with Gasteiger partial charge in [-0.2, -0.15) is 5.10 Å². The number of carboxylic acid groups (broad SMARTS) is 1. The minimum Gasteiger partial charge on any atom is -0.481 e. The third kappa shape index (κ3) is 3.34. The summed E-state index contributed by atoms with van der Waals surface area (Å²) < 4.78 is 1.59. The zero-order valence-corrected chi connectivity index (χ0v) is 19.0. The topological polar surface area (TPSA) is 84.2 Å². The molecule has 2 N–H and O–H groups in total. The summed E-state index contributed by atoms with van der Waals surface area (Å²) in [5.74, 6) is 0.151. The standard InChI is InChI=1S/C26H26ClN3O3/c27-23-21(29-20-7-3-5-18-4-1-2-6-19(18)20)14-28-30(24(23)33)26-11-16-8-17(12-26)10-25(9-16,15-26)13-22(31)32/h1-7,14,16-17,29H,8-13,15H2,(H,31,32)/t16-,17-,25?,26?/m0/s1. The molecule has 4 fully saturated rings. The van der Waals surface area contributed by atoms with Crippen LogP contribution in [0.4, 0.5) is 11.4 Å². The minimum absolute atomic E-state index is 0.126. The molecule has 1 heterocycles. The summed E-state index contributed by atoms with van der Waals surface area (Å²) in [6, 6.07) is 14.0. The van der Waals surface area contributed by atoms with Crippen molar-refractivity contribution in [2.75, 3.05) is 5.32 Å². The lowest BCUT2D eigenvalue weighted by Crippen LogP contribution is -2.59. The van der Waals surface area contributed by atoms with E-state index in [-0.39, 0.29) is 22.4 Å². The average Bonchev–Trinajstić information content (AvgIpc) is 2.75. The van der Waals surface area contributed by atoms with E-state index in [1.807, 2.05) is 42.5 Å². The monoisotopic (exact) mass is 463 g/mol. The largest absolute Gasteiger partial charge is 0.481 e. The molecule has 0 saturated heterocycles. The summed E-state index contributed by atoms with van der Waals surface area (Å²) in [4.78, 5) is 25.1. The Morgan fingerprint density at radius 3 is 2.58 bits per heavy atom. The number of nitrogens with one attached hydrogen (secondary N) is 1. The smallest absolute Gasteiger partial charge is 0.303 e. The molecule has 7 rings (SSSR count). The van der Waals surface area contributed by atoms with Crippen LogP contribution in [0.3, 0.4) is 0 Å². The highest BCUT2D eigenvalue weighted by Crippen LogP contribution is 2.65. The first-order valence-electron chi connectivity index (χ1n) is 11.6. The van der Waals surface area contributed by atoms with Crippen molar-refractivity contribution in [1.29, 1.82) is 0 Å². The number of hydrogen-bond acceptors (Lipinski definition) is 4. The molecule has 170 valence electrons. The molecule has 0 aliphatic heterocycles. The second-order valence-corrected chi connectivity index (χ2v) is 10.9. The molecular formula is C26H26ClN3O3. The van der Waals surface area contributed by atoms with Gasteiger partial charge in [0, 0.05) is 11.1 Å². The van der Waals surface area contributed by atoms with E-state index in [2.05, 4.69) is 10.4 Å². The SMILES string of the molecule is O=C(O)CC12C[C@@H]3C[C@@H](C1)CC(n1ncc(Nc4cccc5ccccc45)c(Cl)c1=O)(C3)C2. The number of aromatic nitrogens is 2. The van der Waals surface area contributed by atoms with E-state index in [9.17, 15) is 14.7 Å². The Morgan fingerprint density at radius 2 is 1.82 bits per heavy atom. The zero-order valence-electron chi connectivity index (χ0n) is 18.3. The van der Waals surface area contributed by atoms with E-state index in [0.717, 1.165) is 48.6 Å². The van der Waals surface area contributed by atoms with E-state index in [1.165, 1.54) is 0 Å². The first kappa shape index (κ1) is 20.7. The number of nitrogens with zero attached hydrogens (tertiary/aromatic N) is 2. The van der Waals surface area contributed by atoms with Crippen LogP contribution in [-0.4, -0.2) is 20.9 Å². The van der Waals surface area contributed by atoms with Gasteiger partial charge < -0.3 is 10.4 Å². The maximum atomic E-state index is 13.5. The lowest BCUT2D eigenvalue weighted by Gasteiger charge is -2.61. The predicted octanol–water partition coefficient (Wildman–Crippen LogP) is 5.56. The molecule has 0 unspecified atom stereocenters. The summed E-state index contributed by atoms with van der Waals surface area (Å²) in [6.07, 6.45) is 7.29. The second-order valence-electron chi connectivity index (χ2n) is 10.5. The van der Waals surface area contributed by atoms with Crippen molar-refractivity contribution in [2.24, 2.45) is 17.3 Å². The molecule has 0 amide bonds. The number of carbonyl (C=O) groups is 1. The lowest BCUT2D eigenvalue weighted by atomic mass is 9.46. The lowest BCUT2D eigenvalue weighted by molar-refractivity contribution is -0.151. The van der Waals surface area contributed by atoms with Gasteiger partial charge in [0.05, 0.1) is 23.8 Å². The molecule has 4 aliphatic rings. The minimum atomic E-state index is -0.750. The number of halogens is 1. The number of carboxylic acids is 1. The fourth-order valence-corrected chi connectivity index (χ4v) is 7.69. The number of benzene rings is 2. The van der Waals surface area contributed by atoms with E-state index < -0.39 is 11.5 Å². The fraction of sp³-hybridized carbons (Fsp3) is 0.423. The molecule has 7 heteroatoms. The maximum absolute atomic E-state index is 13.5. The van der Waals surface area contributed by atoms with Crippen LogP contribution in [0.5, 0.6) is 0 Å². The van der Waals surface area contributed by atoms with Gasteiger partial charge in [0.2, 0.25) is 0 Å². The fourth-order valence-electron chi connectivity index (χ4n) is 7.51. The second kappa shape index (κ2) is 7.32. The molecule has 4 saturated carbocycles. The van der Waals surface area contributed by atoms with Gasteiger partial charge in [0.15, 0.2) is 0 Å². The van der Waals surface area contributed by atoms with Gasteiger partial charge in [-0.1, -0.05) is 48.0 Å². The predicted molar refractivity (Wildman–Crippen MR) is 128 cm³/mol. The van der Waals surface area contributed by atoms with Crippen LogP contribution in [0.25, 0.3) is 10.8 Å². The van der Waals surface area contributed by atoms with Crippen LogP contribution >= 0.6 is 11.6 Å². The van der Waals surface area contributed by atoms with Gasteiger partial charge in [-0.05, 0) is 67.2 Å². The molecule has 4 aliphatic carbocycles. The van der Waals surface area contributed by atoms with Gasteiger partial charge in [0.1, 0.15) is 5.02 Å². The molecule has 0 spiro atoms. The molecule has 2 atom stereocenters. The van der Waals surface area contributed by atoms with Gasteiger partial charge in [-0.3, -0.25) is 9.59 Å². The van der Waals surface area contributed by atoms with E-state index >= 15 is 0 Å². The summed E-state index contributed by atoms with van der Waals surface area (Å²) in [7, 11) is 0. The Morgan fingerprint density at radius 1 is 1.09 bits per heavy atom. The van der Waals surface area contributed by atoms with Crippen LogP contribution < -0.4 is 10.9 Å². The van der Waals surface area contributed by atoms with Crippen molar-refractivity contribution in [1.82, 2.24) is 9.78 Å². The molecular weight excluding hydrogens is 438 g/mol. The Hall–Kier alpha value is -2.86. The summed E-state index contributed by atoms with van der Waals surface area (Å²) in [6.45, 7) is 0. The van der Waals surface area contributed by atoms with Crippen molar-refractivity contribution in [2.45, 2.75) is 50.5 Å². The van der Waals surface area contributed by atoms with Gasteiger partial charge in [-0.25, -0.2) is 4.68 Å². The number of aliphatic carboxylic acids is 1. The van der Waals surface area contributed by atoms with Crippen LogP contribution in [0.1, 0.15) is 44.9 Å². The van der Waals surface area contributed by atoms with E-state index in [0.29, 0.717) is 23.9 Å². The first-order valence-corrected chi connectivity index (χ1v) is 12.0. The van der Waals surface area contributed by atoms with Gasteiger partial charge >= 0.3 is 5.97 Å². The van der Waals surface area contributed by atoms with Crippen molar-refractivity contribution in [3.63, 3.8) is 0 Å². The molecule has 1 aromatic heterocycles. The first-order chi connectivity index (χ1) is 15.9. The molecule has 6 nitrogen and oxygen atoms in total. The van der Waals surface area contributed by atoms with Crippen molar-refractivity contribution in [3.8, 4) is 0 Å². The zero-order chi connectivity index (χ0) is 22.8. The van der Waals surface area contributed by atoms with Crippen LogP contribution in [-0.2, 0) is 10.3 Å². The third-order valence-electron chi connectivity index (χ3n) is 8.10. The van der Waals surface area contributed by atoms with Crippen LogP contribution in [0.15, 0.2) is 53.5 Å². The maximum Gasteiger partial charge on any atom is 0.303 e. The van der Waals surface area contributed by atoms with E-state index in [4.69, 9.17) is 11.6 Å². The Labute approximate surface area is 196 Å². The highest BCUT2D eigenvalue weighted by Gasteiger charge is 2.59. The van der Waals surface area contributed by atoms with Crippen LogP contribution in [0.2, 0.25) is 5.02 Å². The van der Waals surface area contributed by atoms with Gasteiger partial charge in [0.25, 0.3) is 5.56 Å². The molecule has 3 aromatic rings. The summed E-state index contributed by atoms with van der Waals surface area (Å²) >= 11 is 6.63. The normalized spacial score (nSPS) is 30.0. The molecule has 33 heavy (non-hydrogen) atoms. The van der Waals surface area contributed by atoms with Crippen molar-refractivity contribution >= 4 is 39.7 Å². The molecule has 2 aromatic carbocycles. The Kier molecular flexibility index (Phi) is 4.60. The molecule has 4 bridgehead atoms.